The number of ether oxygens (including phenoxy) is 1. The second kappa shape index (κ2) is 9.36. The van der Waals surface area contributed by atoms with E-state index in [1.54, 1.807) is 0 Å². The molecule has 138 valence electrons. The highest BCUT2D eigenvalue weighted by atomic mass is 32.2. The van der Waals surface area contributed by atoms with Crippen molar-refractivity contribution in [2.45, 2.75) is 61.7 Å². The third kappa shape index (κ3) is 6.76. The summed E-state index contributed by atoms with van der Waals surface area (Å²) in [4.78, 5) is -1.84. The van der Waals surface area contributed by atoms with E-state index in [4.69, 9.17) is 9.29 Å². The molecule has 1 rings (SSSR count). The zero-order valence-corrected chi connectivity index (χ0v) is 15.3. The maximum Gasteiger partial charge on any atom is 0.299 e. The maximum absolute atomic E-state index is 11.5. The van der Waals surface area contributed by atoms with Crippen LogP contribution in [0, 0.1) is 0 Å². The quantitative estimate of drug-likeness (QED) is 0.446. The third-order valence-electron chi connectivity index (χ3n) is 3.48. The van der Waals surface area contributed by atoms with Gasteiger partial charge in [0.1, 0.15) is 10.6 Å². The van der Waals surface area contributed by atoms with E-state index in [0.717, 1.165) is 25.3 Å². The van der Waals surface area contributed by atoms with Gasteiger partial charge in [-0.2, -0.15) is 16.8 Å². The summed E-state index contributed by atoms with van der Waals surface area (Å²) in [5.74, 6) is -0.293. The normalized spacial score (nSPS) is 12.3. The monoisotopic (exact) mass is 380 g/mol. The molecule has 0 atom stereocenters. The number of rotatable bonds is 11. The van der Waals surface area contributed by atoms with Crippen LogP contribution in [0.25, 0.3) is 0 Å². The van der Waals surface area contributed by atoms with Crippen molar-refractivity contribution < 1.29 is 30.7 Å². The Labute approximate surface area is 143 Å². The molecular weight excluding hydrogens is 356 g/mol. The Morgan fingerprint density at radius 3 is 2.00 bits per heavy atom. The predicted octanol–water partition coefficient (Wildman–Crippen LogP) is 3.31. The van der Waals surface area contributed by atoms with Gasteiger partial charge in [0, 0.05) is 0 Å². The van der Waals surface area contributed by atoms with Gasteiger partial charge in [0.25, 0.3) is 20.2 Å². The van der Waals surface area contributed by atoms with Crippen LogP contribution >= 0.6 is 0 Å². The second-order valence-electron chi connectivity index (χ2n) is 5.50. The van der Waals surface area contributed by atoms with Crippen molar-refractivity contribution in [2.24, 2.45) is 0 Å². The highest BCUT2D eigenvalue weighted by Crippen LogP contribution is 2.30. The van der Waals surface area contributed by atoms with Crippen LogP contribution in [0.3, 0.4) is 0 Å². The lowest BCUT2D eigenvalue weighted by Gasteiger charge is -2.12. The zero-order chi connectivity index (χ0) is 18.2. The fourth-order valence-corrected chi connectivity index (χ4v) is 4.23. The molecule has 7 nitrogen and oxygen atoms in total. The van der Waals surface area contributed by atoms with Crippen molar-refractivity contribution in [2.75, 3.05) is 6.61 Å². The first-order valence-electron chi connectivity index (χ1n) is 7.88. The van der Waals surface area contributed by atoms with Gasteiger partial charge in [0.05, 0.1) is 6.61 Å². The van der Waals surface area contributed by atoms with Crippen molar-refractivity contribution in [3.05, 3.63) is 18.2 Å². The first-order valence-corrected chi connectivity index (χ1v) is 10.8. The molecule has 0 heterocycles. The largest absolute Gasteiger partial charge is 0.492 e. The van der Waals surface area contributed by atoms with Crippen molar-refractivity contribution in [3.8, 4) is 5.75 Å². The lowest BCUT2D eigenvalue weighted by Crippen LogP contribution is -2.11. The fourth-order valence-electron chi connectivity index (χ4n) is 2.31. The number of benzene rings is 1. The van der Waals surface area contributed by atoms with Crippen molar-refractivity contribution in [1.29, 1.82) is 0 Å². The molecule has 1 aromatic rings. The van der Waals surface area contributed by atoms with Crippen LogP contribution < -0.4 is 4.74 Å². The van der Waals surface area contributed by atoms with Crippen LogP contribution in [0.2, 0.25) is 0 Å². The summed E-state index contributed by atoms with van der Waals surface area (Å²) in [6.45, 7) is 2.33. The van der Waals surface area contributed by atoms with E-state index in [0.29, 0.717) is 6.42 Å². The summed E-state index contributed by atoms with van der Waals surface area (Å²) >= 11 is 0. The van der Waals surface area contributed by atoms with Gasteiger partial charge >= 0.3 is 0 Å². The van der Waals surface area contributed by atoms with Crippen LogP contribution in [-0.4, -0.2) is 32.5 Å². The second-order valence-corrected chi connectivity index (χ2v) is 8.25. The van der Waals surface area contributed by atoms with E-state index in [1.807, 2.05) is 0 Å². The molecule has 0 unspecified atom stereocenters. The summed E-state index contributed by atoms with van der Waals surface area (Å²) in [5, 5.41) is 0. The summed E-state index contributed by atoms with van der Waals surface area (Å²) in [7, 11) is -9.68. The minimum absolute atomic E-state index is 0.186. The SMILES string of the molecule is CCCCCCCCCOc1cccc(S(=O)(=O)O)c1S(=O)(=O)O. The summed E-state index contributed by atoms with van der Waals surface area (Å²) < 4.78 is 69.1. The van der Waals surface area contributed by atoms with Crippen molar-refractivity contribution in [1.82, 2.24) is 0 Å². The molecule has 0 bridgehead atoms. The Bertz CT molecular complexity index is 724. The molecule has 0 aliphatic rings. The van der Waals surface area contributed by atoms with Gasteiger partial charge < -0.3 is 4.74 Å². The van der Waals surface area contributed by atoms with Gasteiger partial charge in [-0.15, -0.1) is 0 Å². The van der Waals surface area contributed by atoms with E-state index in [1.165, 1.54) is 31.4 Å². The smallest absolute Gasteiger partial charge is 0.299 e. The minimum atomic E-state index is -4.87. The zero-order valence-electron chi connectivity index (χ0n) is 13.6. The molecule has 0 aromatic heterocycles. The maximum atomic E-state index is 11.5. The number of unbranched alkanes of at least 4 members (excludes halogenated alkanes) is 6. The molecule has 1 aromatic carbocycles. The van der Waals surface area contributed by atoms with Gasteiger partial charge in [-0.05, 0) is 18.6 Å². The molecule has 0 amide bonds. The standard InChI is InChI=1S/C15H24O7S2/c1-2-3-4-5-6-7-8-12-22-13-10-9-11-14(23(16,17)18)15(13)24(19,20)21/h9-11H,2-8,12H2,1H3,(H,16,17,18)(H,19,20,21). The van der Waals surface area contributed by atoms with E-state index >= 15 is 0 Å². The molecule has 0 saturated heterocycles. The Hall–Kier alpha value is -1.16. The van der Waals surface area contributed by atoms with Crippen LogP contribution in [0.5, 0.6) is 5.75 Å². The highest BCUT2D eigenvalue weighted by Gasteiger charge is 2.28. The summed E-state index contributed by atoms with van der Waals surface area (Å²) in [6.07, 6.45) is 7.31. The molecular formula is C15H24O7S2. The molecule has 0 spiro atoms. The van der Waals surface area contributed by atoms with Gasteiger partial charge in [-0.25, -0.2) is 0 Å². The fraction of sp³-hybridized carbons (Fsp3) is 0.600. The molecule has 9 heteroatoms. The Morgan fingerprint density at radius 2 is 1.46 bits per heavy atom. The van der Waals surface area contributed by atoms with E-state index in [2.05, 4.69) is 6.92 Å². The summed E-state index contributed by atoms with van der Waals surface area (Å²) in [5.41, 5.74) is 0. The van der Waals surface area contributed by atoms with E-state index in [9.17, 15) is 21.4 Å². The topological polar surface area (TPSA) is 118 Å². The van der Waals surface area contributed by atoms with Crippen LogP contribution in [0.15, 0.2) is 28.0 Å². The van der Waals surface area contributed by atoms with Crippen LogP contribution in [0.4, 0.5) is 0 Å². The third-order valence-corrected chi connectivity index (χ3v) is 5.45. The van der Waals surface area contributed by atoms with Gasteiger partial charge in [0.2, 0.25) is 0 Å². The molecule has 0 fully saturated rings. The lowest BCUT2D eigenvalue weighted by molar-refractivity contribution is 0.293. The van der Waals surface area contributed by atoms with Crippen LogP contribution in [-0.2, 0) is 20.2 Å². The average Bonchev–Trinajstić information content (AvgIpc) is 2.47. The number of hydrogen-bond acceptors (Lipinski definition) is 5. The predicted molar refractivity (Wildman–Crippen MR) is 89.6 cm³/mol. The average molecular weight is 380 g/mol. The lowest BCUT2D eigenvalue weighted by atomic mass is 10.1. The van der Waals surface area contributed by atoms with E-state index in [-0.39, 0.29) is 12.4 Å². The summed E-state index contributed by atoms with van der Waals surface area (Å²) in [6, 6.07) is 3.36. The number of hydrogen-bond donors (Lipinski definition) is 2. The molecule has 0 saturated carbocycles. The molecule has 0 radical (unpaired) electrons. The molecule has 24 heavy (non-hydrogen) atoms. The van der Waals surface area contributed by atoms with Crippen molar-refractivity contribution >= 4 is 20.2 Å². The highest BCUT2D eigenvalue weighted by molar-refractivity contribution is 7.89. The van der Waals surface area contributed by atoms with Crippen LogP contribution in [0.1, 0.15) is 51.9 Å². The molecule has 2 N–H and O–H groups in total. The van der Waals surface area contributed by atoms with Crippen molar-refractivity contribution in [3.63, 3.8) is 0 Å². The van der Waals surface area contributed by atoms with Gasteiger partial charge in [-0.3, -0.25) is 9.11 Å². The minimum Gasteiger partial charge on any atom is -0.492 e. The molecule has 0 aliphatic carbocycles. The van der Waals surface area contributed by atoms with E-state index < -0.39 is 30.0 Å². The Balaban J connectivity index is 2.72. The van der Waals surface area contributed by atoms with Gasteiger partial charge in [0.15, 0.2) is 4.90 Å². The Morgan fingerprint density at radius 1 is 0.875 bits per heavy atom. The first kappa shape index (κ1) is 20.9. The van der Waals surface area contributed by atoms with Gasteiger partial charge in [-0.1, -0.05) is 51.5 Å². The first-order chi connectivity index (χ1) is 11.2. The Kier molecular flexibility index (Phi) is 8.14. The molecule has 0 aliphatic heterocycles.